The molecular weight excluding hydrogens is 328 g/mol. The van der Waals surface area contributed by atoms with E-state index in [1.165, 1.54) is 44.3 Å². The average molecular weight is 360 g/mol. The normalized spacial score (nSPS) is 36.2. The lowest BCUT2D eigenvalue weighted by Crippen LogP contribution is -2.49. The predicted octanol–water partition coefficient (Wildman–Crippen LogP) is 4.94. The van der Waals surface area contributed by atoms with Crippen LogP contribution >= 0.6 is 0 Å². The molecule has 0 spiro atoms. The molecule has 1 aliphatic heterocycles. The molecule has 2 saturated carbocycles. The van der Waals surface area contributed by atoms with Crippen LogP contribution in [0.1, 0.15) is 72.6 Å². The zero-order chi connectivity index (χ0) is 19.1. The smallest absolute Gasteiger partial charge is 0.334 e. The summed E-state index contributed by atoms with van der Waals surface area (Å²) in [5, 5.41) is 0. The summed E-state index contributed by atoms with van der Waals surface area (Å²) in [5.41, 5.74) is 2.76. The molecule has 0 N–H and O–H groups in total. The summed E-state index contributed by atoms with van der Waals surface area (Å²) in [4.78, 5) is 22.9. The molecule has 0 aromatic carbocycles. The first kappa shape index (κ1) is 19.2. The highest BCUT2D eigenvalue weighted by atomic mass is 16.7. The Hall–Kier alpha value is -1.58. The molecule has 3 aliphatic rings. The summed E-state index contributed by atoms with van der Waals surface area (Å²) < 4.78 is 10.3. The Balaban J connectivity index is 1.75. The molecule has 144 valence electrons. The lowest BCUT2D eigenvalue weighted by Gasteiger charge is -2.58. The van der Waals surface area contributed by atoms with Crippen molar-refractivity contribution >= 4 is 11.9 Å². The molecular formula is C22H32O4. The van der Waals surface area contributed by atoms with Crippen LogP contribution in [0.2, 0.25) is 0 Å². The first-order chi connectivity index (χ1) is 12.1. The molecule has 3 rings (SSSR count). The fourth-order valence-electron chi connectivity index (χ4n) is 5.99. The number of hydrogen-bond donors (Lipinski definition) is 0. The van der Waals surface area contributed by atoms with Crippen molar-refractivity contribution in [2.24, 2.45) is 22.7 Å². The number of ether oxygens (including phenoxy) is 2. The number of rotatable bonds is 4. The first-order valence-electron chi connectivity index (χ1n) is 9.89. The standard InChI is InChI=1S/C22H32O4/c1-14-7-10-18-21(3,4)11-6-12-22(18,5)17(14)9-8-16-13-19(24)26-20(16)25-15(2)23/h13,17-18,20H,1,6-12H2,2-5H3/t17?,18-,20?,22+/m0/s1. The van der Waals surface area contributed by atoms with Gasteiger partial charge < -0.3 is 9.47 Å². The van der Waals surface area contributed by atoms with E-state index in [1.807, 2.05) is 0 Å². The van der Waals surface area contributed by atoms with E-state index in [0.29, 0.717) is 23.7 Å². The maximum absolute atomic E-state index is 11.6. The van der Waals surface area contributed by atoms with Crippen molar-refractivity contribution in [2.75, 3.05) is 0 Å². The van der Waals surface area contributed by atoms with Crippen LogP contribution in [-0.4, -0.2) is 18.2 Å². The maximum atomic E-state index is 11.6. The highest BCUT2D eigenvalue weighted by Gasteiger charge is 2.52. The molecule has 2 unspecified atom stereocenters. The predicted molar refractivity (Wildman–Crippen MR) is 100 cm³/mol. The molecule has 0 saturated heterocycles. The summed E-state index contributed by atoms with van der Waals surface area (Å²) in [7, 11) is 0. The van der Waals surface area contributed by atoms with Crippen molar-refractivity contribution in [3.63, 3.8) is 0 Å². The van der Waals surface area contributed by atoms with Crippen LogP contribution in [-0.2, 0) is 19.1 Å². The zero-order valence-corrected chi connectivity index (χ0v) is 16.6. The molecule has 0 aromatic heterocycles. The Bertz CT molecular complexity index is 645. The summed E-state index contributed by atoms with van der Waals surface area (Å²) in [5.74, 6) is 0.296. The van der Waals surface area contributed by atoms with Crippen molar-refractivity contribution in [1.29, 1.82) is 0 Å². The number of carbonyl (C=O) groups is 2. The van der Waals surface area contributed by atoms with Gasteiger partial charge in [0.2, 0.25) is 0 Å². The Kier molecular flexibility index (Phi) is 5.06. The SMILES string of the molecule is C=C1CC[C@H]2C(C)(C)CCC[C@]2(C)C1CCC1=CC(=O)OC1OC(C)=O. The van der Waals surface area contributed by atoms with Crippen LogP contribution in [0.5, 0.6) is 0 Å². The van der Waals surface area contributed by atoms with Gasteiger partial charge in [-0.05, 0) is 61.2 Å². The molecule has 4 atom stereocenters. The van der Waals surface area contributed by atoms with E-state index in [0.717, 1.165) is 18.4 Å². The van der Waals surface area contributed by atoms with Gasteiger partial charge in [-0.2, -0.15) is 0 Å². The number of hydrogen-bond acceptors (Lipinski definition) is 4. The second-order valence-corrected chi connectivity index (χ2v) is 9.29. The topological polar surface area (TPSA) is 52.6 Å². The minimum absolute atomic E-state index is 0.262. The van der Waals surface area contributed by atoms with Gasteiger partial charge in [-0.15, -0.1) is 0 Å². The summed E-state index contributed by atoms with van der Waals surface area (Å²) in [6, 6.07) is 0. The number of esters is 2. The highest BCUT2D eigenvalue weighted by Crippen LogP contribution is 2.61. The lowest BCUT2D eigenvalue weighted by molar-refractivity contribution is -0.172. The zero-order valence-electron chi connectivity index (χ0n) is 16.6. The highest BCUT2D eigenvalue weighted by molar-refractivity contribution is 5.86. The first-order valence-corrected chi connectivity index (χ1v) is 9.89. The van der Waals surface area contributed by atoms with Gasteiger partial charge in [-0.3, -0.25) is 4.79 Å². The van der Waals surface area contributed by atoms with Crippen molar-refractivity contribution in [2.45, 2.75) is 78.9 Å². The van der Waals surface area contributed by atoms with E-state index in [9.17, 15) is 9.59 Å². The second kappa shape index (κ2) is 6.86. The van der Waals surface area contributed by atoms with Crippen LogP contribution in [0.3, 0.4) is 0 Å². The second-order valence-electron chi connectivity index (χ2n) is 9.29. The number of carbonyl (C=O) groups excluding carboxylic acids is 2. The van der Waals surface area contributed by atoms with Gasteiger partial charge in [0.05, 0.1) is 0 Å². The molecule has 4 nitrogen and oxygen atoms in total. The van der Waals surface area contributed by atoms with Gasteiger partial charge in [-0.25, -0.2) is 4.79 Å². The van der Waals surface area contributed by atoms with Gasteiger partial charge in [-0.1, -0.05) is 39.3 Å². The largest absolute Gasteiger partial charge is 0.421 e. The molecule has 0 bridgehead atoms. The Morgan fingerprint density at radius 2 is 2.08 bits per heavy atom. The van der Waals surface area contributed by atoms with E-state index >= 15 is 0 Å². The third kappa shape index (κ3) is 3.47. The van der Waals surface area contributed by atoms with Crippen molar-refractivity contribution in [1.82, 2.24) is 0 Å². The number of fused-ring (bicyclic) bond motifs is 1. The quantitative estimate of drug-likeness (QED) is 0.526. The molecule has 0 aromatic rings. The monoisotopic (exact) mass is 360 g/mol. The molecule has 2 aliphatic carbocycles. The molecule has 4 heteroatoms. The van der Waals surface area contributed by atoms with E-state index in [1.54, 1.807) is 0 Å². The maximum Gasteiger partial charge on any atom is 0.334 e. The third-order valence-electron chi connectivity index (χ3n) is 7.14. The van der Waals surface area contributed by atoms with Gasteiger partial charge >= 0.3 is 11.9 Å². The van der Waals surface area contributed by atoms with Crippen LogP contribution < -0.4 is 0 Å². The third-order valence-corrected chi connectivity index (χ3v) is 7.14. The van der Waals surface area contributed by atoms with Gasteiger partial charge in [0, 0.05) is 18.6 Å². The van der Waals surface area contributed by atoms with Crippen LogP contribution in [0.4, 0.5) is 0 Å². The van der Waals surface area contributed by atoms with Gasteiger partial charge in [0.1, 0.15) is 0 Å². The Labute approximate surface area is 157 Å². The van der Waals surface area contributed by atoms with E-state index in [-0.39, 0.29) is 5.41 Å². The molecule has 2 fully saturated rings. The molecule has 1 heterocycles. The molecule has 0 amide bonds. The van der Waals surface area contributed by atoms with Crippen molar-refractivity contribution in [3.8, 4) is 0 Å². The van der Waals surface area contributed by atoms with Crippen molar-refractivity contribution < 1.29 is 19.1 Å². The van der Waals surface area contributed by atoms with Gasteiger partial charge in [0.25, 0.3) is 6.29 Å². The van der Waals surface area contributed by atoms with E-state index in [2.05, 4.69) is 27.4 Å². The minimum atomic E-state index is -0.844. The van der Waals surface area contributed by atoms with Crippen molar-refractivity contribution in [3.05, 3.63) is 23.8 Å². The lowest BCUT2D eigenvalue weighted by atomic mass is 9.47. The summed E-state index contributed by atoms with van der Waals surface area (Å²) in [6.45, 7) is 13.0. The summed E-state index contributed by atoms with van der Waals surface area (Å²) >= 11 is 0. The Morgan fingerprint density at radius 1 is 1.35 bits per heavy atom. The van der Waals surface area contributed by atoms with Crippen LogP contribution in [0, 0.1) is 22.7 Å². The minimum Gasteiger partial charge on any atom is -0.421 e. The molecule has 26 heavy (non-hydrogen) atoms. The fourth-order valence-corrected chi connectivity index (χ4v) is 5.99. The van der Waals surface area contributed by atoms with Crippen LogP contribution in [0.25, 0.3) is 0 Å². The average Bonchev–Trinajstić information content (AvgIpc) is 2.84. The number of cyclic esters (lactones) is 1. The summed E-state index contributed by atoms with van der Waals surface area (Å²) in [6.07, 6.45) is 8.42. The van der Waals surface area contributed by atoms with E-state index < -0.39 is 18.2 Å². The van der Waals surface area contributed by atoms with E-state index in [4.69, 9.17) is 9.47 Å². The number of allylic oxidation sites excluding steroid dienone is 1. The van der Waals surface area contributed by atoms with Gasteiger partial charge in [0.15, 0.2) is 0 Å². The fraction of sp³-hybridized carbons (Fsp3) is 0.727. The van der Waals surface area contributed by atoms with Crippen LogP contribution in [0.15, 0.2) is 23.8 Å². The Morgan fingerprint density at radius 3 is 2.77 bits per heavy atom. The molecule has 0 radical (unpaired) electrons.